The fourth-order valence-electron chi connectivity index (χ4n) is 0.623. The van der Waals surface area contributed by atoms with Crippen molar-refractivity contribution < 1.29 is 81.9 Å². The summed E-state index contributed by atoms with van der Waals surface area (Å²) >= 11 is 1.94. The maximum atomic E-state index is 10.4. The molecular formula is C6H4CsIO3S. The Kier molecular flexibility index (Phi) is 6.62. The molecule has 0 bridgehead atoms. The van der Waals surface area contributed by atoms with Gasteiger partial charge in [0.1, 0.15) is 10.1 Å². The summed E-state index contributed by atoms with van der Waals surface area (Å²) in [5, 5.41) is 0. The van der Waals surface area contributed by atoms with Crippen molar-refractivity contribution in [3.05, 3.63) is 27.8 Å². The summed E-state index contributed by atoms with van der Waals surface area (Å²) in [6.45, 7) is 0. The first-order valence-electron chi connectivity index (χ1n) is 2.71. The van der Waals surface area contributed by atoms with Gasteiger partial charge in [-0.25, -0.2) is 8.42 Å². The first-order valence-corrected chi connectivity index (χ1v) is 5.20. The molecule has 0 aliphatic rings. The third kappa shape index (κ3) is 4.42. The fourth-order valence-corrected chi connectivity index (χ4v) is 1.89. The maximum Gasteiger partial charge on any atom is 1.00 e. The summed E-state index contributed by atoms with van der Waals surface area (Å²) in [6, 6.07) is 5.87. The van der Waals surface area contributed by atoms with Gasteiger partial charge in [0.05, 0.1) is 4.90 Å². The summed E-state index contributed by atoms with van der Waals surface area (Å²) in [6.07, 6.45) is 0. The van der Waals surface area contributed by atoms with E-state index in [1.165, 1.54) is 18.2 Å². The van der Waals surface area contributed by atoms with E-state index in [1.54, 1.807) is 6.07 Å². The van der Waals surface area contributed by atoms with Gasteiger partial charge in [-0.1, -0.05) is 6.07 Å². The van der Waals surface area contributed by atoms with Gasteiger partial charge in [-0.2, -0.15) is 0 Å². The van der Waals surface area contributed by atoms with Crippen LogP contribution in [0.25, 0.3) is 0 Å². The van der Waals surface area contributed by atoms with Gasteiger partial charge in [-0.3, -0.25) is 0 Å². The van der Waals surface area contributed by atoms with Gasteiger partial charge >= 0.3 is 68.9 Å². The molecule has 1 aromatic rings. The van der Waals surface area contributed by atoms with Crippen LogP contribution in [0.5, 0.6) is 0 Å². The van der Waals surface area contributed by atoms with Crippen LogP contribution in [0.1, 0.15) is 0 Å². The number of benzene rings is 1. The van der Waals surface area contributed by atoms with Crippen LogP contribution in [-0.2, 0) is 10.1 Å². The molecule has 1 rings (SSSR count). The summed E-state index contributed by atoms with van der Waals surface area (Å²) in [5.41, 5.74) is 0. The predicted molar refractivity (Wildman–Crippen MR) is 47.1 cm³/mol. The molecule has 0 aliphatic carbocycles. The molecule has 0 amide bonds. The Hall–Kier alpha value is 1.91. The van der Waals surface area contributed by atoms with Gasteiger partial charge in [0.2, 0.25) is 0 Å². The van der Waals surface area contributed by atoms with Crippen molar-refractivity contribution in [2.24, 2.45) is 0 Å². The van der Waals surface area contributed by atoms with Crippen LogP contribution in [0.4, 0.5) is 0 Å². The van der Waals surface area contributed by atoms with Crippen LogP contribution in [0, 0.1) is 3.57 Å². The second-order valence-corrected chi connectivity index (χ2v) is 4.54. The van der Waals surface area contributed by atoms with Crippen LogP contribution >= 0.6 is 22.6 Å². The zero-order valence-corrected chi connectivity index (χ0v) is 15.6. The largest absolute Gasteiger partial charge is 1.00 e. The molecule has 1 aromatic carbocycles. The van der Waals surface area contributed by atoms with E-state index in [0.29, 0.717) is 0 Å². The third-order valence-electron chi connectivity index (χ3n) is 1.08. The van der Waals surface area contributed by atoms with Crippen LogP contribution in [0.2, 0.25) is 0 Å². The van der Waals surface area contributed by atoms with Crippen molar-refractivity contribution in [1.29, 1.82) is 0 Å². The molecule has 6 heteroatoms. The number of hydrogen-bond donors (Lipinski definition) is 0. The zero-order chi connectivity index (χ0) is 8.48. The molecule has 3 nitrogen and oxygen atoms in total. The van der Waals surface area contributed by atoms with E-state index in [-0.39, 0.29) is 73.8 Å². The van der Waals surface area contributed by atoms with Crippen LogP contribution in [0.3, 0.4) is 0 Å². The zero-order valence-electron chi connectivity index (χ0n) is 6.32. The Balaban J connectivity index is 0.00000121. The molecular weight excluding hydrogens is 412 g/mol. The van der Waals surface area contributed by atoms with E-state index in [1.807, 2.05) is 22.6 Å². The van der Waals surface area contributed by atoms with E-state index in [9.17, 15) is 13.0 Å². The number of hydrogen-bond acceptors (Lipinski definition) is 3. The molecule has 12 heavy (non-hydrogen) atoms. The molecule has 0 saturated carbocycles. The summed E-state index contributed by atoms with van der Waals surface area (Å²) in [5.74, 6) is 0. The molecule has 60 valence electrons. The van der Waals surface area contributed by atoms with Gasteiger partial charge in [0.15, 0.2) is 0 Å². The van der Waals surface area contributed by atoms with Crippen molar-refractivity contribution in [3.8, 4) is 0 Å². The quantitative estimate of drug-likeness (QED) is 0.402. The average molecular weight is 416 g/mol. The third-order valence-corrected chi connectivity index (χ3v) is 2.59. The first kappa shape index (κ1) is 13.9. The van der Waals surface area contributed by atoms with E-state index in [0.717, 1.165) is 3.57 Å². The molecule has 0 radical (unpaired) electrons. The summed E-state index contributed by atoms with van der Waals surface area (Å²) in [7, 11) is -4.28. The van der Waals surface area contributed by atoms with E-state index in [2.05, 4.69) is 0 Å². The van der Waals surface area contributed by atoms with Gasteiger partial charge in [0, 0.05) is 3.57 Å². The minimum atomic E-state index is -4.28. The number of halogens is 1. The molecule has 0 saturated heterocycles. The predicted octanol–water partition coefficient (Wildman–Crippen LogP) is -1.80. The Morgan fingerprint density at radius 1 is 1.33 bits per heavy atom. The van der Waals surface area contributed by atoms with Gasteiger partial charge in [-0.05, 0) is 40.8 Å². The Morgan fingerprint density at radius 2 is 1.92 bits per heavy atom. The van der Waals surface area contributed by atoms with Crippen molar-refractivity contribution in [3.63, 3.8) is 0 Å². The molecule has 0 fully saturated rings. The topological polar surface area (TPSA) is 57.2 Å². The van der Waals surface area contributed by atoms with Crippen molar-refractivity contribution in [1.82, 2.24) is 0 Å². The normalized spacial score (nSPS) is 10.5. The molecule has 0 aromatic heterocycles. The van der Waals surface area contributed by atoms with E-state index in [4.69, 9.17) is 0 Å². The molecule has 0 aliphatic heterocycles. The Bertz CT molecular complexity index is 363. The monoisotopic (exact) mass is 416 g/mol. The van der Waals surface area contributed by atoms with Crippen molar-refractivity contribution >= 4 is 32.7 Å². The van der Waals surface area contributed by atoms with Crippen LogP contribution < -0.4 is 68.9 Å². The summed E-state index contributed by atoms with van der Waals surface area (Å²) < 4.78 is 32.0. The van der Waals surface area contributed by atoms with E-state index >= 15 is 0 Å². The standard InChI is InChI=1S/C6H5IO3S.Cs/c7-5-2-1-3-6(4-5)11(8,9)10;/h1-4H,(H,8,9,10);/q;+1/p-1. The molecule has 0 spiro atoms. The van der Waals surface area contributed by atoms with Crippen molar-refractivity contribution in [2.45, 2.75) is 4.90 Å². The summed E-state index contributed by atoms with van der Waals surface area (Å²) in [4.78, 5) is -0.176. The minimum absolute atomic E-state index is 0. The molecule has 0 atom stereocenters. The molecule has 0 heterocycles. The Morgan fingerprint density at radius 3 is 2.25 bits per heavy atom. The maximum absolute atomic E-state index is 10.4. The second kappa shape index (κ2) is 5.71. The minimum Gasteiger partial charge on any atom is -0.744 e. The smallest absolute Gasteiger partial charge is 0.744 e. The van der Waals surface area contributed by atoms with Crippen LogP contribution in [-0.4, -0.2) is 13.0 Å². The van der Waals surface area contributed by atoms with Gasteiger partial charge in [0.25, 0.3) is 0 Å². The molecule has 0 unspecified atom stereocenters. The fraction of sp³-hybridized carbons (Fsp3) is 0. The second-order valence-electron chi connectivity index (χ2n) is 1.91. The Labute approximate surface area is 144 Å². The van der Waals surface area contributed by atoms with E-state index < -0.39 is 10.1 Å². The van der Waals surface area contributed by atoms with Crippen molar-refractivity contribution in [2.75, 3.05) is 0 Å². The average Bonchev–Trinajstić information content (AvgIpc) is 1.86. The van der Waals surface area contributed by atoms with Crippen LogP contribution in [0.15, 0.2) is 29.2 Å². The molecule has 0 N–H and O–H groups in total. The first-order chi connectivity index (χ1) is 5.00. The SMILES string of the molecule is O=S(=O)([O-])c1cccc(I)c1.[Cs+]. The van der Waals surface area contributed by atoms with Gasteiger partial charge < -0.3 is 4.55 Å². The van der Waals surface area contributed by atoms with Gasteiger partial charge in [-0.15, -0.1) is 0 Å². The number of rotatable bonds is 1.